The molecule has 6 aromatic rings. The molecule has 0 saturated heterocycles. The van der Waals surface area contributed by atoms with E-state index in [-0.39, 0.29) is 7.92 Å². The van der Waals surface area contributed by atoms with Gasteiger partial charge in [0.2, 0.25) is 0 Å². The fourth-order valence-corrected chi connectivity index (χ4v) is 9.58. The smallest absolute Gasteiger partial charge is 0.149 e. The van der Waals surface area contributed by atoms with Gasteiger partial charge in [-0.3, -0.25) is 4.57 Å². The van der Waals surface area contributed by atoms with Gasteiger partial charge in [0.15, 0.2) is 0 Å². The Hall–Kier alpha value is -3.93. The molecule has 0 saturated carbocycles. The summed E-state index contributed by atoms with van der Waals surface area (Å²) in [4.78, 5) is 5.28. The van der Waals surface area contributed by atoms with E-state index in [0.717, 1.165) is 44.4 Å². The molecule has 2 aromatic heterocycles. The number of furan rings is 1. The van der Waals surface area contributed by atoms with Crippen molar-refractivity contribution in [1.82, 2.24) is 9.55 Å². The molecule has 2 heterocycles. The van der Waals surface area contributed by atoms with E-state index in [1.54, 1.807) is 0 Å². The number of hydrogen-bond donors (Lipinski definition) is 0. The van der Waals surface area contributed by atoms with Gasteiger partial charge >= 0.3 is 0 Å². The minimum atomic E-state index is -0.314. The number of imidazole rings is 1. The third-order valence-electron chi connectivity index (χ3n) is 8.46. The predicted molar refractivity (Wildman–Crippen MR) is 184 cm³/mol. The van der Waals surface area contributed by atoms with Gasteiger partial charge < -0.3 is 4.42 Å². The zero-order valence-corrected chi connectivity index (χ0v) is 27.3. The van der Waals surface area contributed by atoms with Crippen LogP contribution >= 0.6 is 7.92 Å². The number of rotatable bonds is 7. The molecule has 4 aromatic carbocycles. The van der Waals surface area contributed by atoms with Crippen LogP contribution in [0.5, 0.6) is 0 Å². The van der Waals surface area contributed by atoms with E-state index in [1.165, 1.54) is 22.1 Å². The van der Waals surface area contributed by atoms with Gasteiger partial charge in [0.05, 0.1) is 33.9 Å². The second-order valence-electron chi connectivity index (χ2n) is 12.7. The van der Waals surface area contributed by atoms with Crippen LogP contribution in [0.15, 0.2) is 77.2 Å². The summed E-state index contributed by atoms with van der Waals surface area (Å²) in [6, 6.07) is 27.7. The first kappa shape index (κ1) is 29.2. The molecule has 0 aliphatic rings. The van der Waals surface area contributed by atoms with Crippen LogP contribution in [0.4, 0.5) is 0 Å². The molecule has 0 unspecified atom stereocenters. The minimum absolute atomic E-state index is 0.314. The fourth-order valence-electron chi connectivity index (χ4n) is 6.62. The Morgan fingerprint density at radius 2 is 1.44 bits per heavy atom. The molecule has 0 fully saturated rings. The molecule has 218 valence electrons. The van der Waals surface area contributed by atoms with Gasteiger partial charge in [-0.05, 0) is 88.1 Å². The van der Waals surface area contributed by atoms with Crippen LogP contribution in [-0.2, 0) is 0 Å². The molecule has 5 heteroatoms. The Labute approximate surface area is 256 Å². The molecular weight excluding hydrogens is 545 g/mol. The normalized spacial score (nSPS) is 12.3. The molecule has 0 radical (unpaired) electrons. The SMILES string of the molecule is CC(C)c1cc(P(C(C)C)C(C)C)cc(C(C)C)c1-n1c(-c2cccc3c2oc2cc(C#N)ccc23)nc2ccccc21. The lowest BCUT2D eigenvalue weighted by atomic mass is 9.92. The van der Waals surface area contributed by atoms with Gasteiger partial charge in [-0.15, -0.1) is 0 Å². The fraction of sp³-hybridized carbons (Fsp3) is 0.316. The summed E-state index contributed by atoms with van der Waals surface area (Å²) in [5.74, 6) is 1.52. The van der Waals surface area contributed by atoms with Gasteiger partial charge in [0.1, 0.15) is 17.0 Å². The molecule has 4 nitrogen and oxygen atoms in total. The van der Waals surface area contributed by atoms with Crippen LogP contribution in [0.1, 0.15) is 83.9 Å². The topological polar surface area (TPSA) is 54.8 Å². The van der Waals surface area contributed by atoms with Crippen LogP contribution in [0.3, 0.4) is 0 Å². The van der Waals surface area contributed by atoms with Crippen molar-refractivity contribution in [2.45, 2.75) is 78.5 Å². The highest BCUT2D eigenvalue weighted by Gasteiger charge is 2.27. The highest BCUT2D eigenvalue weighted by atomic mass is 31.1. The van der Waals surface area contributed by atoms with Crippen LogP contribution in [0.25, 0.3) is 50.0 Å². The summed E-state index contributed by atoms with van der Waals surface area (Å²) in [7, 11) is -0.314. The zero-order chi connectivity index (χ0) is 30.6. The first-order chi connectivity index (χ1) is 20.6. The zero-order valence-electron chi connectivity index (χ0n) is 26.4. The average Bonchev–Trinajstić information content (AvgIpc) is 3.54. The van der Waals surface area contributed by atoms with E-state index in [4.69, 9.17) is 9.40 Å². The van der Waals surface area contributed by atoms with E-state index in [0.29, 0.717) is 28.7 Å². The third kappa shape index (κ3) is 4.95. The van der Waals surface area contributed by atoms with Crippen molar-refractivity contribution in [2.24, 2.45) is 0 Å². The predicted octanol–water partition coefficient (Wildman–Crippen LogP) is 10.6. The third-order valence-corrected chi connectivity index (χ3v) is 11.5. The maximum Gasteiger partial charge on any atom is 0.149 e. The Bertz CT molecular complexity index is 1980. The first-order valence-electron chi connectivity index (χ1n) is 15.4. The number of fused-ring (bicyclic) bond motifs is 4. The quantitative estimate of drug-likeness (QED) is 0.175. The van der Waals surface area contributed by atoms with Crippen LogP contribution in [0.2, 0.25) is 0 Å². The molecule has 43 heavy (non-hydrogen) atoms. The number of aromatic nitrogens is 2. The number of benzene rings is 4. The molecule has 0 N–H and O–H groups in total. The molecule has 0 aliphatic carbocycles. The van der Waals surface area contributed by atoms with Crippen molar-refractivity contribution in [3.05, 3.63) is 89.5 Å². The van der Waals surface area contributed by atoms with E-state index in [1.807, 2.05) is 18.2 Å². The van der Waals surface area contributed by atoms with E-state index in [9.17, 15) is 5.26 Å². The standard InChI is InChI=1S/C38H40N3OP/c1-22(2)31-19-27(43(24(5)6)25(7)8)20-32(23(3)4)36(31)41-34-15-10-9-14-33(34)40-38(41)30-13-11-12-29-28-17-16-26(21-39)18-35(28)42-37(29)30/h9-20,22-25H,1-8H3. The highest BCUT2D eigenvalue weighted by Crippen LogP contribution is 2.47. The lowest BCUT2D eigenvalue weighted by Gasteiger charge is -2.30. The summed E-state index contributed by atoms with van der Waals surface area (Å²) in [5, 5.41) is 13.0. The highest BCUT2D eigenvalue weighted by molar-refractivity contribution is 7.66. The number of nitrogens with zero attached hydrogens (tertiary/aromatic N) is 3. The van der Waals surface area contributed by atoms with Crippen LogP contribution in [0, 0.1) is 11.3 Å². The second-order valence-corrected chi connectivity index (χ2v) is 16.1. The Kier molecular flexibility index (Phi) is 7.66. The average molecular weight is 586 g/mol. The Morgan fingerprint density at radius 1 is 0.767 bits per heavy atom. The Morgan fingerprint density at radius 3 is 2.07 bits per heavy atom. The summed E-state index contributed by atoms with van der Waals surface area (Å²) in [6.07, 6.45) is 0. The molecule has 0 aliphatic heterocycles. The molecule has 0 amide bonds. The number of hydrogen-bond acceptors (Lipinski definition) is 3. The van der Waals surface area contributed by atoms with Crippen LogP contribution < -0.4 is 5.30 Å². The lowest BCUT2D eigenvalue weighted by molar-refractivity contribution is 0.669. The Balaban J connectivity index is 1.72. The summed E-state index contributed by atoms with van der Waals surface area (Å²) >= 11 is 0. The maximum absolute atomic E-state index is 9.50. The van der Waals surface area contributed by atoms with Gasteiger partial charge in [-0.1, -0.05) is 87.6 Å². The monoisotopic (exact) mass is 585 g/mol. The molecule has 0 atom stereocenters. The van der Waals surface area contributed by atoms with E-state index < -0.39 is 0 Å². The van der Waals surface area contributed by atoms with Crippen molar-refractivity contribution < 1.29 is 4.42 Å². The largest absolute Gasteiger partial charge is 0.455 e. The summed E-state index contributed by atoms with van der Waals surface area (Å²) in [5.41, 5.74) is 10.3. The lowest BCUT2D eigenvalue weighted by Crippen LogP contribution is -2.19. The molecule has 0 spiro atoms. The first-order valence-corrected chi connectivity index (χ1v) is 16.9. The van der Waals surface area contributed by atoms with Crippen molar-refractivity contribution in [3.8, 4) is 23.1 Å². The second kappa shape index (κ2) is 11.3. The van der Waals surface area contributed by atoms with Crippen LogP contribution in [-0.4, -0.2) is 20.9 Å². The van der Waals surface area contributed by atoms with Gasteiger partial charge in [0.25, 0.3) is 0 Å². The van der Waals surface area contributed by atoms with Crippen molar-refractivity contribution in [3.63, 3.8) is 0 Å². The minimum Gasteiger partial charge on any atom is -0.455 e. The molecule has 0 bridgehead atoms. The van der Waals surface area contributed by atoms with Gasteiger partial charge in [0, 0.05) is 10.8 Å². The number of para-hydroxylation sites is 3. The van der Waals surface area contributed by atoms with Crippen molar-refractivity contribution >= 4 is 46.2 Å². The number of nitriles is 1. The molecule has 6 rings (SSSR count). The van der Waals surface area contributed by atoms with Gasteiger partial charge in [-0.2, -0.15) is 5.26 Å². The van der Waals surface area contributed by atoms with Gasteiger partial charge in [-0.25, -0.2) is 4.98 Å². The van der Waals surface area contributed by atoms with E-state index in [2.05, 4.69) is 121 Å². The summed E-state index contributed by atoms with van der Waals surface area (Å²) < 4.78 is 8.91. The summed E-state index contributed by atoms with van der Waals surface area (Å²) in [6.45, 7) is 18.7. The van der Waals surface area contributed by atoms with Crippen molar-refractivity contribution in [1.29, 1.82) is 5.26 Å². The van der Waals surface area contributed by atoms with Crippen molar-refractivity contribution in [2.75, 3.05) is 0 Å². The molecular formula is C38H40N3OP. The van der Waals surface area contributed by atoms with E-state index >= 15 is 0 Å². The maximum atomic E-state index is 9.50.